The molecular formula is C20H28Cl2N4O. The molecule has 0 bridgehead atoms. The molecule has 5 nitrogen and oxygen atoms in total. The average Bonchev–Trinajstić information content (AvgIpc) is 3.03. The standard InChI is InChI=1S/C20H26N4O.2ClH/c1-13-6-4-5-7-17(13)20-18-12-24(10-15(18)9-23(20)3)11-16-8-19(25)22-14(2)21-16;;/h4-8,15,18,20H,9-12H2,1-3H3,(H,21,22,25);2*1H/t15-,18+,20-;;/m0../s1. The first-order chi connectivity index (χ1) is 12.0. The van der Waals surface area contributed by atoms with Crippen molar-refractivity contribution in [2.45, 2.75) is 26.4 Å². The normalized spacial score (nSPS) is 24.9. The minimum atomic E-state index is -0.0561. The zero-order chi connectivity index (χ0) is 17.6. The quantitative estimate of drug-likeness (QED) is 0.844. The maximum Gasteiger partial charge on any atom is 0.251 e. The number of hydrogen-bond acceptors (Lipinski definition) is 4. The molecule has 2 aliphatic rings. The van der Waals surface area contributed by atoms with Crippen molar-refractivity contribution in [1.82, 2.24) is 19.8 Å². The lowest BCUT2D eigenvalue weighted by atomic mass is 9.88. The molecule has 0 aliphatic carbocycles. The molecule has 2 saturated heterocycles. The van der Waals surface area contributed by atoms with Crippen molar-refractivity contribution in [3.63, 3.8) is 0 Å². The highest BCUT2D eigenvalue weighted by Crippen LogP contribution is 2.44. The number of nitrogens with one attached hydrogen (secondary N) is 1. The Morgan fingerprint density at radius 3 is 2.59 bits per heavy atom. The first-order valence-electron chi connectivity index (χ1n) is 9.06. The molecule has 2 fully saturated rings. The van der Waals surface area contributed by atoms with Crippen LogP contribution >= 0.6 is 24.8 Å². The Hall–Kier alpha value is -1.40. The van der Waals surface area contributed by atoms with E-state index in [2.05, 4.69) is 58.0 Å². The second-order valence-electron chi connectivity index (χ2n) is 7.68. The molecule has 0 unspecified atom stereocenters. The zero-order valence-electron chi connectivity index (χ0n) is 16.0. The van der Waals surface area contributed by atoms with Gasteiger partial charge in [-0.25, -0.2) is 4.98 Å². The second kappa shape index (κ2) is 8.74. The fourth-order valence-corrected chi connectivity index (χ4v) is 4.82. The van der Waals surface area contributed by atoms with Crippen molar-refractivity contribution in [1.29, 1.82) is 0 Å². The van der Waals surface area contributed by atoms with E-state index in [-0.39, 0.29) is 30.4 Å². The van der Waals surface area contributed by atoms with Gasteiger partial charge >= 0.3 is 0 Å². The molecule has 1 aromatic heterocycles. The van der Waals surface area contributed by atoms with E-state index in [1.54, 1.807) is 6.07 Å². The Kier molecular flexibility index (Phi) is 7.09. The van der Waals surface area contributed by atoms with Crippen molar-refractivity contribution in [3.05, 3.63) is 63.3 Å². The summed E-state index contributed by atoms with van der Waals surface area (Å²) in [5.41, 5.74) is 3.66. The average molecular weight is 411 g/mol. The van der Waals surface area contributed by atoms with Crippen LogP contribution < -0.4 is 5.56 Å². The molecule has 2 aromatic rings. The summed E-state index contributed by atoms with van der Waals surface area (Å²) in [6.07, 6.45) is 0. The molecule has 3 heterocycles. The minimum Gasteiger partial charge on any atom is -0.311 e. The Bertz CT molecular complexity index is 841. The van der Waals surface area contributed by atoms with E-state index in [4.69, 9.17) is 0 Å². The Labute approximate surface area is 173 Å². The van der Waals surface area contributed by atoms with E-state index in [1.807, 2.05) is 6.92 Å². The van der Waals surface area contributed by atoms with Crippen LogP contribution in [0.1, 0.15) is 28.7 Å². The summed E-state index contributed by atoms with van der Waals surface area (Å²) in [6, 6.07) is 10.9. The maximum absolute atomic E-state index is 11.7. The highest BCUT2D eigenvalue weighted by atomic mass is 35.5. The molecule has 0 spiro atoms. The third-order valence-electron chi connectivity index (χ3n) is 5.78. The number of halogens is 2. The molecule has 2 aliphatic heterocycles. The second-order valence-corrected chi connectivity index (χ2v) is 7.68. The predicted octanol–water partition coefficient (Wildman–Crippen LogP) is 2.97. The highest BCUT2D eigenvalue weighted by Gasteiger charge is 2.46. The predicted molar refractivity (Wildman–Crippen MR) is 113 cm³/mol. The minimum absolute atomic E-state index is 0. The fourth-order valence-electron chi connectivity index (χ4n) is 4.82. The van der Waals surface area contributed by atoms with Gasteiger partial charge in [0.15, 0.2) is 0 Å². The molecule has 0 saturated carbocycles. The van der Waals surface area contributed by atoms with Crippen molar-refractivity contribution in [2.75, 3.05) is 26.7 Å². The highest BCUT2D eigenvalue weighted by molar-refractivity contribution is 5.85. The largest absolute Gasteiger partial charge is 0.311 e. The van der Waals surface area contributed by atoms with Gasteiger partial charge < -0.3 is 4.98 Å². The van der Waals surface area contributed by atoms with Gasteiger partial charge in [-0.1, -0.05) is 24.3 Å². The Morgan fingerprint density at radius 2 is 1.89 bits per heavy atom. The van der Waals surface area contributed by atoms with Crippen molar-refractivity contribution >= 4 is 24.8 Å². The van der Waals surface area contributed by atoms with Crippen LogP contribution in [0.3, 0.4) is 0 Å². The van der Waals surface area contributed by atoms with Crippen molar-refractivity contribution in [3.8, 4) is 0 Å². The first-order valence-corrected chi connectivity index (χ1v) is 9.06. The summed E-state index contributed by atoms with van der Waals surface area (Å²) in [5, 5.41) is 0. The molecule has 0 amide bonds. The van der Waals surface area contributed by atoms with Gasteiger partial charge in [0.05, 0.1) is 5.69 Å². The number of nitrogens with zero attached hydrogens (tertiary/aromatic N) is 3. The molecule has 0 radical (unpaired) electrons. The molecule has 148 valence electrons. The number of rotatable bonds is 3. The molecule has 7 heteroatoms. The molecule has 27 heavy (non-hydrogen) atoms. The van der Waals surface area contributed by atoms with Gasteiger partial charge in [-0.15, -0.1) is 24.8 Å². The number of benzene rings is 1. The van der Waals surface area contributed by atoms with Crippen LogP contribution in [0.25, 0.3) is 0 Å². The molecular weight excluding hydrogens is 383 g/mol. The number of aryl methyl sites for hydroxylation is 2. The SMILES string of the molecule is Cc1nc(CN2C[C@@H]3CN(C)[C@@H](c4ccccc4C)[C@@H]3C2)cc(=O)[nH]1.Cl.Cl. The number of aromatic amines is 1. The van der Waals surface area contributed by atoms with Crippen molar-refractivity contribution in [2.24, 2.45) is 11.8 Å². The summed E-state index contributed by atoms with van der Waals surface area (Å²) in [7, 11) is 2.25. The van der Waals surface area contributed by atoms with Gasteiger partial charge in [-0.3, -0.25) is 14.6 Å². The van der Waals surface area contributed by atoms with Gasteiger partial charge in [0.1, 0.15) is 5.82 Å². The topological polar surface area (TPSA) is 52.2 Å². The summed E-state index contributed by atoms with van der Waals surface area (Å²) >= 11 is 0. The van der Waals surface area contributed by atoms with Crippen LogP contribution in [-0.2, 0) is 6.54 Å². The third kappa shape index (κ3) is 4.37. The Balaban J connectivity index is 0.00000131. The summed E-state index contributed by atoms with van der Waals surface area (Å²) in [5.74, 6) is 2.03. The maximum atomic E-state index is 11.7. The van der Waals surface area contributed by atoms with Crippen LogP contribution in [0.15, 0.2) is 35.1 Å². The molecule has 3 atom stereocenters. The fraction of sp³-hybridized carbons (Fsp3) is 0.500. The number of H-pyrrole nitrogens is 1. The lowest BCUT2D eigenvalue weighted by Crippen LogP contribution is -2.29. The lowest BCUT2D eigenvalue weighted by molar-refractivity contribution is 0.222. The van der Waals surface area contributed by atoms with E-state index in [9.17, 15) is 4.79 Å². The van der Waals surface area contributed by atoms with Crippen LogP contribution in [0, 0.1) is 25.7 Å². The van der Waals surface area contributed by atoms with Crippen molar-refractivity contribution < 1.29 is 0 Å². The number of aromatic nitrogens is 2. The number of hydrogen-bond donors (Lipinski definition) is 1. The van der Waals surface area contributed by atoms with Gasteiger partial charge in [0.25, 0.3) is 5.56 Å². The van der Waals surface area contributed by atoms with E-state index in [1.165, 1.54) is 11.1 Å². The van der Waals surface area contributed by atoms with Gasteiger partial charge in [-0.2, -0.15) is 0 Å². The summed E-state index contributed by atoms with van der Waals surface area (Å²) in [6.45, 7) is 8.12. The monoisotopic (exact) mass is 410 g/mol. The van der Waals surface area contributed by atoms with Gasteiger partial charge in [0.2, 0.25) is 0 Å². The zero-order valence-corrected chi connectivity index (χ0v) is 17.6. The number of likely N-dealkylation sites (tertiary alicyclic amines) is 2. The van der Waals surface area contributed by atoms with E-state index in [0.29, 0.717) is 23.7 Å². The lowest BCUT2D eigenvalue weighted by Gasteiger charge is -2.28. The van der Waals surface area contributed by atoms with Crippen LogP contribution in [0.5, 0.6) is 0 Å². The van der Waals surface area contributed by atoms with Gasteiger partial charge in [-0.05, 0) is 43.9 Å². The van der Waals surface area contributed by atoms with E-state index >= 15 is 0 Å². The summed E-state index contributed by atoms with van der Waals surface area (Å²) in [4.78, 5) is 23.9. The number of fused-ring (bicyclic) bond motifs is 1. The van der Waals surface area contributed by atoms with Crippen LogP contribution in [0.4, 0.5) is 0 Å². The van der Waals surface area contributed by atoms with E-state index in [0.717, 1.165) is 31.9 Å². The third-order valence-corrected chi connectivity index (χ3v) is 5.78. The molecule has 1 aromatic carbocycles. The smallest absolute Gasteiger partial charge is 0.251 e. The summed E-state index contributed by atoms with van der Waals surface area (Å²) < 4.78 is 0. The van der Waals surface area contributed by atoms with Gasteiger partial charge in [0, 0.05) is 38.3 Å². The Morgan fingerprint density at radius 1 is 1.15 bits per heavy atom. The molecule has 1 N–H and O–H groups in total. The molecule has 4 rings (SSSR count). The van der Waals surface area contributed by atoms with Crippen LogP contribution in [-0.4, -0.2) is 46.4 Å². The van der Waals surface area contributed by atoms with Crippen LogP contribution in [0.2, 0.25) is 0 Å². The first kappa shape index (κ1) is 21.9. The van der Waals surface area contributed by atoms with E-state index < -0.39 is 0 Å².